The number of fused-ring (bicyclic) bond motifs is 1. The van der Waals surface area contributed by atoms with Gasteiger partial charge in [0.15, 0.2) is 5.82 Å². The highest BCUT2D eigenvalue weighted by molar-refractivity contribution is 7.22. The summed E-state index contributed by atoms with van der Waals surface area (Å²) in [6, 6.07) is 20.0. The van der Waals surface area contributed by atoms with Gasteiger partial charge in [-0.3, -0.25) is 0 Å². The summed E-state index contributed by atoms with van der Waals surface area (Å²) >= 11 is 1.70. The number of nitrogens with one attached hydrogen (secondary N) is 1. The molecule has 4 aromatic rings. The normalized spacial score (nSPS) is 10.7. The topological polar surface area (TPSA) is 47.0 Å². The third-order valence-corrected chi connectivity index (χ3v) is 4.78. The van der Waals surface area contributed by atoms with E-state index in [0.29, 0.717) is 0 Å². The minimum Gasteiger partial charge on any atom is -0.497 e. The maximum absolute atomic E-state index is 5.17. The predicted octanol–water partition coefficient (Wildman–Crippen LogP) is 5.11. The molecule has 0 saturated carbocycles. The van der Waals surface area contributed by atoms with Crippen LogP contribution in [0.15, 0.2) is 66.9 Å². The summed E-state index contributed by atoms with van der Waals surface area (Å²) < 4.78 is 6.41. The molecule has 0 aliphatic carbocycles. The maximum atomic E-state index is 5.17. The van der Waals surface area contributed by atoms with Gasteiger partial charge in [-0.25, -0.2) is 9.97 Å². The van der Waals surface area contributed by atoms with Gasteiger partial charge in [-0.15, -0.1) is 11.3 Å². The van der Waals surface area contributed by atoms with Crippen molar-refractivity contribution in [2.24, 2.45) is 0 Å². The zero-order valence-corrected chi connectivity index (χ0v) is 13.9. The van der Waals surface area contributed by atoms with Crippen molar-refractivity contribution in [1.82, 2.24) is 9.97 Å². The van der Waals surface area contributed by atoms with Crippen molar-refractivity contribution >= 4 is 32.9 Å². The standard InChI is InChI=1S/C19H15N3OS/c1-23-15-8-6-14(7-9-15)21-18-10-11-20-19(22-18)17-12-13-4-2-3-5-16(13)24-17/h2-12H,1H3,(H,20,21,22). The zero-order valence-electron chi connectivity index (χ0n) is 13.1. The van der Waals surface area contributed by atoms with Crippen molar-refractivity contribution in [3.8, 4) is 16.5 Å². The monoisotopic (exact) mass is 333 g/mol. The van der Waals surface area contributed by atoms with Crippen LogP contribution in [-0.2, 0) is 0 Å². The lowest BCUT2D eigenvalue weighted by atomic mass is 10.2. The third kappa shape index (κ3) is 2.94. The fraction of sp³-hybridized carbons (Fsp3) is 0.0526. The van der Waals surface area contributed by atoms with Crippen LogP contribution in [0.3, 0.4) is 0 Å². The van der Waals surface area contributed by atoms with Crippen LogP contribution in [0.5, 0.6) is 5.75 Å². The van der Waals surface area contributed by atoms with Crippen molar-refractivity contribution in [3.05, 3.63) is 66.9 Å². The van der Waals surface area contributed by atoms with Gasteiger partial charge >= 0.3 is 0 Å². The molecule has 1 N–H and O–H groups in total. The van der Waals surface area contributed by atoms with Crippen LogP contribution in [0.1, 0.15) is 0 Å². The van der Waals surface area contributed by atoms with Gasteiger partial charge in [0.25, 0.3) is 0 Å². The van der Waals surface area contributed by atoms with Crippen LogP contribution in [0.4, 0.5) is 11.5 Å². The highest BCUT2D eigenvalue weighted by Gasteiger charge is 2.07. The van der Waals surface area contributed by atoms with Crippen LogP contribution in [0.25, 0.3) is 20.8 Å². The van der Waals surface area contributed by atoms with Gasteiger partial charge in [0.2, 0.25) is 0 Å². The number of thiophene rings is 1. The number of anilines is 2. The number of hydrogen-bond acceptors (Lipinski definition) is 5. The number of aromatic nitrogens is 2. The van der Waals surface area contributed by atoms with Gasteiger partial charge in [-0.05, 0) is 47.9 Å². The molecule has 0 unspecified atom stereocenters. The van der Waals surface area contributed by atoms with E-state index in [4.69, 9.17) is 4.74 Å². The molecule has 0 aliphatic rings. The highest BCUT2D eigenvalue weighted by Crippen LogP contribution is 2.32. The Morgan fingerprint density at radius 1 is 1.00 bits per heavy atom. The van der Waals surface area contributed by atoms with E-state index in [1.165, 1.54) is 10.1 Å². The van der Waals surface area contributed by atoms with E-state index in [0.717, 1.165) is 28.0 Å². The van der Waals surface area contributed by atoms with Gasteiger partial charge in [0.05, 0.1) is 12.0 Å². The number of nitrogens with zero attached hydrogens (tertiary/aromatic N) is 2. The lowest BCUT2D eigenvalue weighted by Gasteiger charge is -2.07. The minimum atomic E-state index is 0.731. The summed E-state index contributed by atoms with van der Waals surface area (Å²) in [5, 5.41) is 4.51. The first-order valence-electron chi connectivity index (χ1n) is 7.55. The molecule has 4 rings (SSSR count). The lowest BCUT2D eigenvalue weighted by Crippen LogP contribution is -1.96. The van der Waals surface area contributed by atoms with Crippen LogP contribution in [0, 0.1) is 0 Å². The summed E-state index contributed by atoms with van der Waals surface area (Å²) in [5.74, 6) is 2.33. The van der Waals surface area contributed by atoms with E-state index in [9.17, 15) is 0 Å². The average molecular weight is 333 g/mol. The predicted molar refractivity (Wildman–Crippen MR) is 99.1 cm³/mol. The molecule has 2 aromatic carbocycles. The molecule has 4 nitrogen and oxygen atoms in total. The van der Waals surface area contributed by atoms with E-state index >= 15 is 0 Å². The van der Waals surface area contributed by atoms with Gasteiger partial charge in [-0.2, -0.15) is 0 Å². The molecule has 118 valence electrons. The number of rotatable bonds is 4. The molecule has 5 heteroatoms. The van der Waals surface area contributed by atoms with Gasteiger partial charge in [0, 0.05) is 16.6 Å². The Morgan fingerprint density at radius 3 is 2.62 bits per heavy atom. The molecule has 0 spiro atoms. The summed E-state index contributed by atoms with van der Waals surface area (Å²) in [5.41, 5.74) is 0.955. The molecule has 0 fully saturated rings. The molecular weight excluding hydrogens is 318 g/mol. The first kappa shape index (κ1) is 14.7. The first-order chi connectivity index (χ1) is 11.8. The van der Waals surface area contributed by atoms with Crippen LogP contribution in [0.2, 0.25) is 0 Å². The second-order valence-electron chi connectivity index (χ2n) is 5.27. The lowest BCUT2D eigenvalue weighted by molar-refractivity contribution is 0.415. The smallest absolute Gasteiger partial charge is 0.171 e. The fourth-order valence-corrected chi connectivity index (χ4v) is 3.47. The quantitative estimate of drug-likeness (QED) is 0.564. The van der Waals surface area contributed by atoms with Gasteiger partial charge < -0.3 is 10.1 Å². The molecule has 0 amide bonds. The number of hydrogen-bond donors (Lipinski definition) is 1. The Balaban J connectivity index is 1.62. The van der Waals surface area contributed by atoms with Crippen molar-refractivity contribution in [2.75, 3.05) is 12.4 Å². The molecule has 0 saturated heterocycles. The maximum Gasteiger partial charge on any atom is 0.171 e. The number of ether oxygens (including phenoxy) is 1. The van der Waals surface area contributed by atoms with Gasteiger partial charge in [0.1, 0.15) is 11.6 Å². The molecule has 24 heavy (non-hydrogen) atoms. The van der Waals surface area contributed by atoms with Gasteiger partial charge in [-0.1, -0.05) is 18.2 Å². The average Bonchev–Trinajstić information content (AvgIpc) is 3.07. The second kappa shape index (κ2) is 6.29. The fourth-order valence-electron chi connectivity index (χ4n) is 2.46. The molecule has 0 atom stereocenters. The zero-order chi connectivity index (χ0) is 16.4. The molecule has 2 aromatic heterocycles. The van der Waals surface area contributed by atoms with E-state index in [1.54, 1.807) is 24.6 Å². The summed E-state index contributed by atoms with van der Waals surface area (Å²) in [4.78, 5) is 10.1. The molecular formula is C19H15N3OS. The van der Waals surface area contributed by atoms with E-state index in [-0.39, 0.29) is 0 Å². The number of benzene rings is 2. The Labute approximate surface area is 143 Å². The van der Waals surface area contributed by atoms with E-state index in [2.05, 4.69) is 33.5 Å². The van der Waals surface area contributed by atoms with Crippen LogP contribution >= 0.6 is 11.3 Å². The first-order valence-corrected chi connectivity index (χ1v) is 8.36. The van der Waals surface area contributed by atoms with Crippen molar-refractivity contribution < 1.29 is 4.74 Å². The summed E-state index contributed by atoms with van der Waals surface area (Å²) in [6.45, 7) is 0. The SMILES string of the molecule is COc1ccc(Nc2ccnc(-c3cc4ccccc4s3)n2)cc1. The Bertz CT molecular complexity index is 946. The van der Waals surface area contributed by atoms with E-state index < -0.39 is 0 Å². The second-order valence-corrected chi connectivity index (χ2v) is 6.35. The molecule has 0 aliphatic heterocycles. The molecule has 2 heterocycles. The number of methoxy groups -OCH3 is 1. The molecule has 0 radical (unpaired) electrons. The van der Waals surface area contributed by atoms with Crippen LogP contribution in [-0.4, -0.2) is 17.1 Å². The summed E-state index contributed by atoms with van der Waals surface area (Å²) in [7, 11) is 1.66. The minimum absolute atomic E-state index is 0.731. The third-order valence-electron chi connectivity index (χ3n) is 3.66. The summed E-state index contributed by atoms with van der Waals surface area (Å²) in [6.07, 6.45) is 1.78. The van der Waals surface area contributed by atoms with Crippen molar-refractivity contribution in [1.29, 1.82) is 0 Å². The van der Waals surface area contributed by atoms with Crippen molar-refractivity contribution in [2.45, 2.75) is 0 Å². The Morgan fingerprint density at radius 2 is 1.83 bits per heavy atom. The largest absolute Gasteiger partial charge is 0.497 e. The van der Waals surface area contributed by atoms with Crippen molar-refractivity contribution in [3.63, 3.8) is 0 Å². The Kier molecular flexibility index (Phi) is 3.84. The van der Waals surface area contributed by atoms with Crippen LogP contribution < -0.4 is 10.1 Å². The Hall–Kier alpha value is -2.92. The van der Waals surface area contributed by atoms with E-state index in [1.807, 2.05) is 42.5 Å². The highest BCUT2D eigenvalue weighted by atomic mass is 32.1. The molecule has 0 bridgehead atoms.